The lowest BCUT2D eigenvalue weighted by Crippen LogP contribution is -2.18. The quantitative estimate of drug-likeness (QED) is 0.498. The van der Waals surface area contributed by atoms with Crippen molar-refractivity contribution in [2.24, 2.45) is 0 Å². The number of hydrogen-bond acceptors (Lipinski definition) is 2. The van der Waals surface area contributed by atoms with Gasteiger partial charge in [-0.2, -0.15) is 0 Å². The van der Waals surface area contributed by atoms with E-state index in [9.17, 15) is 9.18 Å². The van der Waals surface area contributed by atoms with Crippen LogP contribution in [0.5, 0.6) is 5.75 Å². The average molecular weight is 168 g/mol. The predicted molar refractivity (Wildman–Crippen MR) is 42.6 cm³/mol. The molecule has 2 nitrogen and oxygen atoms in total. The minimum atomic E-state index is -1.58. The topological polar surface area (TPSA) is 26.3 Å². The van der Waals surface area contributed by atoms with Gasteiger partial charge in [0.25, 0.3) is 0 Å². The van der Waals surface area contributed by atoms with Crippen molar-refractivity contribution in [2.45, 2.75) is 13.1 Å². The molecule has 0 amide bonds. The molecule has 0 aliphatic rings. The Hall–Kier alpha value is -1.38. The lowest BCUT2D eigenvalue weighted by molar-refractivity contribution is -0.139. The molecule has 0 saturated heterocycles. The maximum atomic E-state index is 12.3. The molecule has 0 spiro atoms. The fourth-order valence-electron chi connectivity index (χ4n) is 0.686. The summed E-state index contributed by atoms with van der Waals surface area (Å²) >= 11 is 0. The molecule has 1 aromatic rings. The standard InChI is InChI=1S/C9H9FO2/c1-7(10)9(11)12-8-5-3-2-4-6-8/h2-7H,1H3. The molecular weight excluding hydrogens is 159 g/mol. The molecule has 0 aliphatic carbocycles. The third-order valence-electron chi connectivity index (χ3n) is 1.29. The molecule has 0 heterocycles. The maximum absolute atomic E-state index is 12.3. The summed E-state index contributed by atoms with van der Waals surface area (Å²) in [5.74, 6) is -0.492. The molecule has 3 heteroatoms. The molecule has 1 atom stereocenters. The van der Waals surface area contributed by atoms with Crippen LogP contribution in [0.2, 0.25) is 0 Å². The van der Waals surface area contributed by atoms with E-state index in [0.29, 0.717) is 5.75 Å². The minimum Gasteiger partial charge on any atom is -0.424 e. The number of carbonyl (C=O) groups excluding carboxylic acids is 1. The van der Waals surface area contributed by atoms with Crippen LogP contribution >= 0.6 is 0 Å². The molecule has 0 bridgehead atoms. The van der Waals surface area contributed by atoms with Crippen LogP contribution in [0.25, 0.3) is 0 Å². The first-order valence-electron chi connectivity index (χ1n) is 3.61. The van der Waals surface area contributed by atoms with Crippen molar-refractivity contribution in [2.75, 3.05) is 0 Å². The normalized spacial score (nSPS) is 12.2. The zero-order chi connectivity index (χ0) is 8.97. The molecule has 0 saturated carbocycles. The monoisotopic (exact) mass is 168 g/mol. The fourth-order valence-corrected chi connectivity index (χ4v) is 0.686. The van der Waals surface area contributed by atoms with Gasteiger partial charge in [0.05, 0.1) is 0 Å². The summed E-state index contributed by atoms with van der Waals surface area (Å²) in [4.78, 5) is 10.7. The van der Waals surface area contributed by atoms with Crippen LogP contribution in [-0.4, -0.2) is 12.1 Å². The van der Waals surface area contributed by atoms with Crippen LogP contribution in [0.4, 0.5) is 4.39 Å². The van der Waals surface area contributed by atoms with E-state index in [1.54, 1.807) is 30.3 Å². The van der Waals surface area contributed by atoms with Gasteiger partial charge >= 0.3 is 5.97 Å². The Morgan fingerprint density at radius 2 is 2.00 bits per heavy atom. The van der Waals surface area contributed by atoms with Crippen molar-refractivity contribution < 1.29 is 13.9 Å². The Bertz CT molecular complexity index is 256. The molecule has 1 rings (SSSR count). The highest BCUT2D eigenvalue weighted by atomic mass is 19.1. The molecule has 64 valence electrons. The molecular formula is C9H9FO2. The molecule has 0 radical (unpaired) electrons. The summed E-state index contributed by atoms with van der Waals surface area (Å²) < 4.78 is 17.0. The average Bonchev–Trinajstić information content (AvgIpc) is 2.06. The van der Waals surface area contributed by atoms with E-state index in [4.69, 9.17) is 0 Å². The Balaban J connectivity index is 2.59. The Labute approximate surface area is 70.0 Å². The number of rotatable bonds is 2. The number of benzene rings is 1. The Morgan fingerprint density at radius 3 is 2.50 bits per heavy atom. The molecule has 1 aromatic carbocycles. The zero-order valence-electron chi connectivity index (χ0n) is 6.66. The van der Waals surface area contributed by atoms with Gasteiger partial charge in [0.15, 0.2) is 6.17 Å². The van der Waals surface area contributed by atoms with E-state index in [-0.39, 0.29) is 0 Å². The van der Waals surface area contributed by atoms with E-state index in [1.807, 2.05) is 0 Å². The fraction of sp³-hybridized carbons (Fsp3) is 0.222. The van der Waals surface area contributed by atoms with Crippen molar-refractivity contribution in [3.63, 3.8) is 0 Å². The number of ether oxygens (including phenoxy) is 1. The van der Waals surface area contributed by atoms with E-state index in [2.05, 4.69) is 4.74 Å². The van der Waals surface area contributed by atoms with Gasteiger partial charge < -0.3 is 4.74 Å². The number of esters is 1. The number of alkyl halides is 1. The van der Waals surface area contributed by atoms with Gasteiger partial charge in [-0.15, -0.1) is 0 Å². The highest BCUT2D eigenvalue weighted by Gasteiger charge is 2.12. The second kappa shape index (κ2) is 3.85. The largest absolute Gasteiger partial charge is 0.424 e. The molecule has 0 N–H and O–H groups in total. The van der Waals surface area contributed by atoms with Gasteiger partial charge in [-0.05, 0) is 19.1 Å². The van der Waals surface area contributed by atoms with Crippen LogP contribution in [0.15, 0.2) is 30.3 Å². The van der Waals surface area contributed by atoms with Gasteiger partial charge in [-0.1, -0.05) is 18.2 Å². The van der Waals surface area contributed by atoms with Crippen molar-refractivity contribution in [3.05, 3.63) is 30.3 Å². The van der Waals surface area contributed by atoms with Crippen LogP contribution in [0, 0.1) is 0 Å². The van der Waals surface area contributed by atoms with E-state index >= 15 is 0 Å². The maximum Gasteiger partial charge on any atom is 0.345 e. The SMILES string of the molecule is CC(F)C(=O)Oc1ccccc1. The van der Waals surface area contributed by atoms with Crippen molar-refractivity contribution >= 4 is 5.97 Å². The molecule has 0 aromatic heterocycles. The van der Waals surface area contributed by atoms with Gasteiger partial charge in [-0.25, -0.2) is 9.18 Å². The third-order valence-corrected chi connectivity index (χ3v) is 1.29. The first-order chi connectivity index (χ1) is 5.70. The minimum absolute atomic E-state index is 0.368. The van der Waals surface area contributed by atoms with Crippen LogP contribution in [0.3, 0.4) is 0 Å². The van der Waals surface area contributed by atoms with E-state index in [1.165, 1.54) is 0 Å². The van der Waals surface area contributed by atoms with Gasteiger partial charge in [0.2, 0.25) is 0 Å². The van der Waals surface area contributed by atoms with Gasteiger partial charge in [0.1, 0.15) is 5.75 Å². The first-order valence-corrected chi connectivity index (χ1v) is 3.61. The van der Waals surface area contributed by atoms with Gasteiger partial charge in [-0.3, -0.25) is 0 Å². The summed E-state index contributed by atoms with van der Waals surface area (Å²) in [6.45, 7) is 1.14. The predicted octanol–water partition coefficient (Wildman–Crippen LogP) is 1.95. The summed E-state index contributed by atoms with van der Waals surface area (Å²) in [6.07, 6.45) is -1.58. The highest BCUT2D eigenvalue weighted by molar-refractivity contribution is 5.76. The summed E-state index contributed by atoms with van der Waals surface area (Å²) in [5.41, 5.74) is 0. The summed E-state index contributed by atoms with van der Waals surface area (Å²) in [5, 5.41) is 0. The third kappa shape index (κ3) is 2.34. The van der Waals surface area contributed by atoms with Gasteiger partial charge in [0, 0.05) is 0 Å². The number of carbonyl (C=O) groups is 1. The number of para-hydroxylation sites is 1. The summed E-state index contributed by atoms with van der Waals surface area (Å²) in [7, 11) is 0. The van der Waals surface area contributed by atoms with Crippen LogP contribution < -0.4 is 4.74 Å². The van der Waals surface area contributed by atoms with Crippen molar-refractivity contribution in [1.29, 1.82) is 0 Å². The Morgan fingerprint density at radius 1 is 1.42 bits per heavy atom. The van der Waals surface area contributed by atoms with Crippen molar-refractivity contribution in [1.82, 2.24) is 0 Å². The second-order valence-electron chi connectivity index (χ2n) is 2.35. The summed E-state index contributed by atoms with van der Waals surface area (Å²) in [6, 6.07) is 8.41. The first kappa shape index (κ1) is 8.71. The lowest BCUT2D eigenvalue weighted by atomic mass is 10.3. The smallest absolute Gasteiger partial charge is 0.345 e. The molecule has 1 unspecified atom stereocenters. The van der Waals surface area contributed by atoms with E-state index < -0.39 is 12.1 Å². The number of halogens is 1. The van der Waals surface area contributed by atoms with Crippen LogP contribution in [-0.2, 0) is 4.79 Å². The second-order valence-corrected chi connectivity index (χ2v) is 2.35. The lowest BCUT2D eigenvalue weighted by Gasteiger charge is -2.03. The van der Waals surface area contributed by atoms with E-state index in [0.717, 1.165) is 6.92 Å². The zero-order valence-corrected chi connectivity index (χ0v) is 6.66. The highest BCUT2D eigenvalue weighted by Crippen LogP contribution is 2.09. The molecule has 12 heavy (non-hydrogen) atoms. The van der Waals surface area contributed by atoms with Crippen molar-refractivity contribution in [3.8, 4) is 5.75 Å². The molecule has 0 fully saturated rings. The Kier molecular flexibility index (Phi) is 2.80. The molecule has 0 aliphatic heterocycles. The van der Waals surface area contributed by atoms with Crippen LogP contribution in [0.1, 0.15) is 6.92 Å². The number of hydrogen-bond donors (Lipinski definition) is 0.